The van der Waals surface area contributed by atoms with Gasteiger partial charge in [-0.05, 0) is 13.3 Å². The molecular formula is C18H19N4O4S2-. The first kappa shape index (κ1) is 19.2. The van der Waals surface area contributed by atoms with Crippen LogP contribution in [-0.4, -0.2) is 57.4 Å². The minimum atomic E-state index is -1.34. The van der Waals surface area contributed by atoms with E-state index in [0.29, 0.717) is 17.1 Å². The minimum absolute atomic E-state index is 0.0381. The van der Waals surface area contributed by atoms with E-state index in [1.165, 1.54) is 28.0 Å². The number of thiazole rings is 1. The Morgan fingerprint density at radius 2 is 2.32 bits per heavy atom. The van der Waals surface area contributed by atoms with Crippen LogP contribution in [0, 0.1) is 23.2 Å². The molecule has 0 bridgehead atoms. The van der Waals surface area contributed by atoms with Gasteiger partial charge in [0.1, 0.15) is 6.07 Å². The van der Waals surface area contributed by atoms with Gasteiger partial charge in [0.05, 0.1) is 29.7 Å². The molecule has 0 aliphatic carbocycles. The van der Waals surface area contributed by atoms with E-state index in [1.54, 1.807) is 12.3 Å². The second-order valence-electron chi connectivity index (χ2n) is 7.36. The molecule has 3 aliphatic heterocycles. The summed E-state index contributed by atoms with van der Waals surface area (Å²) in [6, 6.07) is 1.71. The van der Waals surface area contributed by atoms with Gasteiger partial charge in [-0.1, -0.05) is 6.92 Å². The lowest BCUT2D eigenvalue weighted by Gasteiger charge is -2.47. The molecule has 0 unspecified atom stereocenters. The number of β-lactam (4-membered cyclic amide) rings is 1. The first-order valence-electron chi connectivity index (χ1n) is 9.07. The number of nitrogens with zero attached hydrogens (tertiary/aromatic N) is 4. The van der Waals surface area contributed by atoms with Gasteiger partial charge in [0, 0.05) is 34.5 Å². The van der Waals surface area contributed by atoms with Gasteiger partial charge in [-0.3, -0.25) is 4.79 Å². The Kier molecular flexibility index (Phi) is 4.85. The van der Waals surface area contributed by atoms with Gasteiger partial charge in [0.2, 0.25) is 5.91 Å². The highest BCUT2D eigenvalue weighted by Crippen LogP contribution is 2.51. The van der Waals surface area contributed by atoms with Gasteiger partial charge in [-0.15, -0.1) is 23.1 Å². The van der Waals surface area contributed by atoms with E-state index in [2.05, 4.69) is 9.88 Å². The third-order valence-electron chi connectivity index (χ3n) is 5.62. The third-order valence-corrected chi connectivity index (χ3v) is 8.06. The van der Waals surface area contributed by atoms with Gasteiger partial charge < -0.3 is 24.8 Å². The average Bonchev–Trinajstić information content (AvgIpc) is 3.33. The Balaban J connectivity index is 1.52. The number of anilines is 1. The molecule has 0 spiro atoms. The molecule has 1 N–H and O–H groups in total. The largest absolute Gasteiger partial charge is 0.543 e. The van der Waals surface area contributed by atoms with Crippen molar-refractivity contribution in [1.29, 1.82) is 5.26 Å². The molecule has 5 atom stereocenters. The lowest BCUT2D eigenvalue weighted by Crippen LogP contribution is -2.64. The molecule has 1 aromatic rings. The number of fused-ring (bicyclic) bond motifs is 1. The number of nitriles is 1. The first-order chi connectivity index (χ1) is 13.3. The van der Waals surface area contributed by atoms with E-state index in [-0.39, 0.29) is 28.8 Å². The maximum Gasteiger partial charge on any atom is 0.235 e. The molecule has 2 saturated heterocycles. The Morgan fingerprint density at radius 3 is 2.93 bits per heavy atom. The van der Waals surface area contributed by atoms with Crippen molar-refractivity contribution < 1.29 is 19.8 Å². The van der Waals surface area contributed by atoms with Crippen LogP contribution in [0.3, 0.4) is 0 Å². The van der Waals surface area contributed by atoms with Crippen LogP contribution in [0.15, 0.2) is 16.0 Å². The summed E-state index contributed by atoms with van der Waals surface area (Å²) in [5, 5.41) is 33.3. The third kappa shape index (κ3) is 2.89. The zero-order chi connectivity index (χ0) is 20.2. The number of aliphatic hydroxyl groups excluding tert-OH is 1. The number of carboxylic acids is 1. The molecule has 3 aliphatic rings. The molecule has 0 saturated carbocycles. The van der Waals surface area contributed by atoms with Crippen LogP contribution in [0.4, 0.5) is 5.13 Å². The highest BCUT2D eigenvalue weighted by molar-refractivity contribution is 8.03. The summed E-state index contributed by atoms with van der Waals surface area (Å²) in [6.07, 6.45) is 0.0333. The fraction of sp³-hybridized carbons (Fsp3) is 0.556. The van der Waals surface area contributed by atoms with Gasteiger partial charge in [0.15, 0.2) is 10.8 Å². The van der Waals surface area contributed by atoms with E-state index in [9.17, 15) is 19.8 Å². The fourth-order valence-electron chi connectivity index (χ4n) is 4.31. The van der Waals surface area contributed by atoms with Gasteiger partial charge in [-0.25, -0.2) is 4.98 Å². The lowest BCUT2D eigenvalue weighted by molar-refractivity contribution is -0.301. The summed E-state index contributed by atoms with van der Waals surface area (Å²) in [5.74, 6) is -2.42. The highest BCUT2D eigenvalue weighted by Gasteiger charge is 2.58. The van der Waals surface area contributed by atoms with Crippen molar-refractivity contribution in [3.63, 3.8) is 0 Å². The number of carbonyl (C=O) groups excluding carboxylic acids is 2. The van der Waals surface area contributed by atoms with Crippen molar-refractivity contribution in [3.8, 4) is 6.07 Å². The summed E-state index contributed by atoms with van der Waals surface area (Å²) in [5.41, 5.74) is 0.360. The van der Waals surface area contributed by atoms with Crippen molar-refractivity contribution in [3.05, 3.63) is 21.7 Å². The van der Waals surface area contributed by atoms with Crippen molar-refractivity contribution in [2.24, 2.45) is 11.8 Å². The SMILES string of the molecule is C[C@@H](O)[C@H]1C(=O)N2C(C(=O)[O-])=C(S[C@H]3CCN(c4nc(C#N)cs4)C3)[C@H](C)[C@H]12. The fourth-order valence-corrected chi connectivity index (χ4v) is 6.58. The molecule has 8 nitrogen and oxygen atoms in total. The van der Waals surface area contributed by atoms with Crippen molar-refractivity contribution in [2.75, 3.05) is 18.0 Å². The normalized spacial score (nSPS) is 30.3. The second-order valence-corrected chi connectivity index (χ2v) is 9.53. The summed E-state index contributed by atoms with van der Waals surface area (Å²) < 4.78 is 0. The number of rotatable bonds is 5. The zero-order valence-electron chi connectivity index (χ0n) is 15.4. The average molecular weight is 420 g/mol. The van der Waals surface area contributed by atoms with Crippen LogP contribution in [0.5, 0.6) is 0 Å². The number of thioether (sulfide) groups is 1. The van der Waals surface area contributed by atoms with Crippen molar-refractivity contribution >= 4 is 40.1 Å². The maximum absolute atomic E-state index is 12.4. The molecule has 0 radical (unpaired) electrons. The number of carboxylic acid groups (broad SMARTS) is 1. The smallest absolute Gasteiger partial charge is 0.235 e. The predicted molar refractivity (Wildman–Crippen MR) is 102 cm³/mol. The number of aliphatic carboxylic acids is 1. The van der Waals surface area contributed by atoms with Crippen LogP contribution < -0.4 is 10.0 Å². The molecule has 4 rings (SSSR count). The van der Waals surface area contributed by atoms with Gasteiger partial charge in [0.25, 0.3) is 0 Å². The van der Waals surface area contributed by atoms with Crippen molar-refractivity contribution in [1.82, 2.24) is 9.88 Å². The molecule has 28 heavy (non-hydrogen) atoms. The molecule has 10 heteroatoms. The number of aliphatic hydroxyl groups is 1. The second kappa shape index (κ2) is 7.06. The van der Waals surface area contributed by atoms with E-state index < -0.39 is 18.0 Å². The predicted octanol–water partition coefficient (Wildman–Crippen LogP) is 0.146. The lowest BCUT2D eigenvalue weighted by atomic mass is 9.79. The number of amides is 1. The number of hydrogen-bond acceptors (Lipinski definition) is 9. The summed E-state index contributed by atoms with van der Waals surface area (Å²) in [7, 11) is 0. The van der Waals surface area contributed by atoms with E-state index in [0.717, 1.165) is 18.1 Å². The van der Waals surface area contributed by atoms with E-state index >= 15 is 0 Å². The maximum atomic E-state index is 12.4. The summed E-state index contributed by atoms with van der Waals surface area (Å²) >= 11 is 2.91. The number of carbonyl (C=O) groups is 2. The van der Waals surface area contributed by atoms with E-state index in [4.69, 9.17) is 5.26 Å². The van der Waals surface area contributed by atoms with E-state index in [1.807, 2.05) is 13.0 Å². The standard InChI is InChI=1S/C18H20N4O4S2/c1-8-13-12(9(2)23)16(24)22(13)14(17(25)26)15(8)28-11-3-4-21(6-11)18-20-10(5-19)7-27-18/h7-9,11-13,23H,3-4,6H2,1-2H3,(H,25,26)/p-1/t8-,9-,11+,12-,13-/m1/s1. The Hall–Kier alpha value is -2.09. The Morgan fingerprint density at radius 1 is 1.57 bits per heavy atom. The van der Waals surface area contributed by atoms with Crippen LogP contribution in [0.25, 0.3) is 0 Å². The van der Waals surface area contributed by atoms with Crippen LogP contribution >= 0.6 is 23.1 Å². The summed E-state index contributed by atoms with van der Waals surface area (Å²) in [4.78, 5) is 32.5. The molecule has 0 aromatic carbocycles. The molecule has 1 amide bonds. The van der Waals surface area contributed by atoms with Crippen molar-refractivity contribution in [2.45, 2.75) is 37.7 Å². The van der Waals surface area contributed by atoms with Gasteiger partial charge in [-0.2, -0.15) is 5.26 Å². The number of hydrogen-bond donors (Lipinski definition) is 1. The molecule has 2 fully saturated rings. The molecular weight excluding hydrogens is 400 g/mol. The number of aromatic nitrogens is 1. The van der Waals surface area contributed by atoms with Crippen LogP contribution in [-0.2, 0) is 9.59 Å². The monoisotopic (exact) mass is 419 g/mol. The quantitative estimate of drug-likeness (QED) is 0.670. The molecule has 4 heterocycles. The molecule has 1 aromatic heterocycles. The Bertz CT molecular complexity index is 906. The zero-order valence-corrected chi connectivity index (χ0v) is 17.0. The van der Waals surface area contributed by atoms with Gasteiger partial charge >= 0.3 is 0 Å². The summed E-state index contributed by atoms with van der Waals surface area (Å²) in [6.45, 7) is 4.94. The minimum Gasteiger partial charge on any atom is -0.543 e. The van der Waals surface area contributed by atoms with Crippen LogP contribution in [0.2, 0.25) is 0 Å². The highest BCUT2D eigenvalue weighted by atomic mass is 32.2. The first-order valence-corrected chi connectivity index (χ1v) is 10.8. The van der Waals surface area contributed by atoms with Crippen LogP contribution in [0.1, 0.15) is 26.0 Å². The topological polar surface area (TPSA) is 121 Å². The molecule has 148 valence electrons. The Labute approximate surface area is 170 Å².